The van der Waals surface area contributed by atoms with Crippen LogP contribution in [-0.4, -0.2) is 43.1 Å². The van der Waals surface area contributed by atoms with Crippen molar-refractivity contribution in [1.82, 2.24) is 15.2 Å². The van der Waals surface area contributed by atoms with Crippen molar-refractivity contribution in [1.29, 1.82) is 0 Å². The standard InChI is InChI=1S/C22H27FN4/c1-16(25-15-17-4-3-5-21-19(17)8-9-24-21)20-14-18(23)6-7-22(20)27-12-10-26(2)11-13-27/h3-9,14,16,24-25H,10-13,15H2,1-2H3. The minimum Gasteiger partial charge on any atom is -0.369 e. The fourth-order valence-electron chi connectivity index (χ4n) is 3.89. The molecule has 1 saturated heterocycles. The molecule has 2 N–H and O–H groups in total. The molecule has 1 unspecified atom stereocenters. The summed E-state index contributed by atoms with van der Waals surface area (Å²) in [7, 11) is 2.15. The molecule has 0 radical (unpaired) electrons. The van der Waals surface area contributed by atoms with Crippen molar-refractivity contribution in [2.24, 2.45) is 0 Å². The van der Waals surface area contributed by atoms with E-state index < -0.39 is 0 Å². The normalized spacial score (nSPS) is 16.8. The number of fused-ring (bicyclic) bond motifs is 1. The molecule has 1 fully saturated rings. The predicted molar refractivity (Wildman–Crippen MR) is 110 cm³/mol. The third-order valence-electron chi connectivity index (χ3n) is 5.58. The quantitative estimate of drug-likeness (QED) is 0.718. The number of hydrogen-bond acceptors (Lipinski definition) is 3. The molecule has 27 heavy (non-hydrogen) atoms. The first-order valence-electron chi connectivity index (χ1n) is 9.63. The summed E-state index contributed by atoms with van der Waals surface area (Å²) < 4.78 is 14.0. The Labute approximate surface area is 160 Å². The summed E-state index contributed by atoms with van der Waals surface area (Å²) in [5, 5.41) is 4.83. The van der Waals surface area contributed by atoms with Gasteiger partial charge in [0.2, 0.25) is 0 Å². The summed E-state index contributed by atoms with van der Waals surface area (Å²) in [6.07, 6.45) is 1.97. The van der Waals surface area contributed by atoms with E-state index in [2.05, 4.69) is 58.3 Å². The lowest BCUT2D eigenvalue weighted by Crippen LogP contribution is -2.45. The molecule has 3 aromatic rings. The monoisotopic (exact) mass is 366 g/mol. The zero-order valence-electron chi connectivity index (χ0n) is 16.0. The van der Waals surface area contributed by atoms with Gasteiger partial charge in [0.15, 0.2) is 0 Å². The lowest BCUT2D eigenvalue weighted by atomic mass is 10.0. The maximum atomic E-state index is 14.0. The first-order chi connectivity index (χ1) is 13.1. The largest absolute Gasteiger partial charge is 0.369 e. The SMILES string of the molecule is CC(NCc1cccc2[nH]ccc12)c1cc(F)ccc1N1CCN(C)CC1. The molecule has 1 aromatic heterocycles. The molecule has 1 aliphatic rings. The summed E-state index contributed by atoms with van der Waals surface area (Å²) in [4.78, 5) is 7.96. The van der Waals surface area contributed by atoms with Gasteiger partial charge in [-0.15, -0.1) is 0 Å². The molecule has 4 rings (SSSR count). The van der Waals surface area contributed by atoms with Crippen LogP contribution in [0.4, 0.5) is 10.1 Å². The van der Waals surface area contributed by atoms with Crippen LogP contribution in [0.15, 0.2) is 48.7 Å². The zero-order chi connectivity index (χ0) is 18.8. The van der Waals surface area contributed by atoms with E-state index in [1.807, 2.05) is 12.3 Å². The van der Waals surface area contributed by atoms with Crippen LogP contribution in [0.5, 0.6) is 0 Å². The number of nitrogens with zero attached hydrogens (tertiary/aromatic N) is 2. The van der Waals surface area contributed by atoms with E-state index in [4.69, 9.17) is 0 Å². The van der Waals surface area contributed by atoms with Gasteiger partial charge in [0.1, 0.15) is 5.82 Å². The molecule has 2 aromatic carbocycles. The van der Waals surface area contributed by atoms with E-state index in [1.54, 1.807) is 12.1 Å². The number of hydrogen-bond donors (Lipinski definition) is 2. The van der Waals surface area contributed by atoms with Gasteiger partial charge in [-0.1, -0.05) is 12.1 Å². The van der Waals surface area contributed by atoms with E-state index in [-0.39, 0.29) is 11.9 Å². The average Bonchev–Trinajstić information content (AvgIpc) is 3.16. The van der Waals surface area contributed by atoms with Crippen molar-refractivity contribution in [2.45, 2.75) is 19.5 Å². The van der Waals surface area contributed by atoms with Gasteiger partial charge < -0.3 is 20.1 Å². The average molecular weight is 366 g/mol. The molecule has 0 aliphatic carbocycles. The molecule has 4 nitrogen and oxygen atoms in total. The van der Waals surface area contributed by atoms with Crippen LogP contribution in [0, 0.1) is 5.82 Å². The highest BCUT2D eigenvalue weighted by Crippen LogP contribution is 2.29. The van der Waals surface area contributed by atoms with Gasteiger partial charge in [-0.2, -0.15) is 0 Å². The third-order valence-corrected chi connectivity index (χ3v) is 5.58. The Morgan fingerprint density at radius 3 is 2.74 bits per heavy atom. The minimum absolute atomic E-state index is 0.0598. The van der Waals surface area contributed by atoms with E-state index in [9.17, 15) is 4.39 Å². The second kappa shape index (κ2) is 7.71. The molecular weight excluding hydrogens is 339 g/mol. The van der Waals surface area contributed by atoms with Gasteiger partial charge in [-0.05, 0) is 55.4 Å². The van der Waals surface area contributed by atoms with Crippen molar-refractivity contribution < 1.29 is 4.39 Å². The second-order valence-corrected chi connectivity index (χ2v) is 7.45. The molecular formula is C22H27FN4. The van der Waals surface area contributed by atoms with Crippen LogP contribution in [0.25, 0.3) is 10.9 Å². The molecule has 5 heteroatoms. The Morgan fingerprint density at radius 2 is 1.93 bits per heavy atom. The maximum absolute atomic E-state index is 14.0. The second-order valence-electron chi connectivity index (χ2n) is 7.45. The third kappa shape index (κ3) is 3.84. The molecule has 1 atom stereocenters. The van der Waals surface area contributed by atoms with Crippen LogP contribution in [0.3, 0.4) is 0 Å². The lowest BCUT2D eigenvalue weighted by molar-refractivity contribution is 0.312. The maximum Gasteiger partial charge on any atom is 0.123 e. The van der Waals surface area contributed by atoms with Crippen LogP contribution in [0.2, 0.25) is 0 Å². The lowest BCUT2D eigenvalue weighted by Gasteiger charge is -2.36. The Kier molecular flexibility index (Phi) is 5.14. The van der Waals surface area contributed by atoms with E-state index >= 15 is 0 Å². The minimum atomic E-state index is -0.177. The van der Waals surface area contributed by atoms with E-state index in [0.29, 0.717) is 0 Å². The number of aromatic amines is 1. The van der Waals surface area contributed by atoms with E-state index in [0.717, 1.165) is 49.5 Å². The van der Waals surface area contributed by atoms with Gasteiger partial charge in [0.05, 0.1) is 0 Å². The number of H-pyrrole nitrogens is 1. The molecule has 1 aliphatic heterocycles. The Balaban J connectivity index is 1.53. The van der Waals surface area contributed by atoms with E-state index in [1.165, 1.54) is 10.9 Å². The van der Waals surface area contributed by atoms with Crippen LogP contribution in [-0.2, 0) is 6.54 Å². The number of piperazine rings is 1. The Morgan fingerprint density at radius 1 is 1.11 bits per heavy atom. The summed E-state index contributed by atoms with van der Waals surface area (Å²) in [6.45, 7) is 6.89. The number of halogens is 1. The number of anilines is 1. The fourth-order valence-corrected chi connectivity index (χ4v) is 3.89. The number of rotatable bonds is 5. The summed E-state index contributed by atoms with van der Waals surface area (Å²) in [5.41, 5.74) is 4.56. The zero-order valence-corrected chi connectivity index (χ0v) is 16.0. The van der Waals surface area contributed by atoms with Crippen molar-refractivity contribution in [3.63, 3.8) is 0 Å². The molecule has 2 heterocycles. The Bertz CT molecular complexity index is 912. The molecule has 0 spiro atoms. The van der Waals surface area contributed by atoms with Gasteiger partial charge in [-0.25, -0.2) is 4.39 Å². The molecule has 0 bridgehead atoms. The summed E-state index contributed by atoms with van der Waals surface area (Å²) in [5.74, 6) is -0.177. The number of aromatic nitrogens is 1. The van der Waals surface area contributed by atoms with Gasteiger partial charge >= 0.3 is 0 Å². The predicted octanol–water partition coefficient (Wildman–Crippen LogP) is 3.91. The van der Waals surface area contributed by atoms with Crippen molar-refractivity contribution in [3.05, 3.63) is 65.6 Å². The number of benzene rings is 2. The van der Waals surface area contributed by atoms with Gasteiger partial charge in [-0.3, -0.25) is 0 Å². The molecule has 0 amide bonds. The number of nitrogens with one attached hydrogen (secondary N) is 2. The topological polar surface area (TPSA) is 34.3 Å². The highest BCUT2D eigenvalue weighted by Gasteiger charge is 2.20. The van der Waals surface area contributed by atoms with Crippen LogP contribution < -0.4 is 10.2 Å². The summed E-state index contributed by atoms with van der Waals surface area (Å²) in [6, 6.07) is 13.6. The van der Waals surface area contributed by atoms with Crippen molar-refractivity contribution >= 4 is 16.6 Å². The number of likely N-dealkylation sites (N-methyl/N-ethyl adjacent to an activating group) is 1. The first-order valence-corrected chi connectivity index (χ1v) is 9.63. The highest BCUT2D eigenvalue weighted by atomic mass is 19.1. The fraction of sp³-hybridized carbons (Fsp3) is 0.364. The van der Waals surface area contributed by atoms with Crippen molar-refractivity contribution in [2.75, 3.05) is 38.1 Å². The first kappa shape index (κ1) is 18.0. The summed E-state index contributed by atoms with van der Waals surface area (Å²) >= 11 is 0. The molecule has 0 saturated carbocycles. The van der Waals surface area contributed by atoms with Crippen LogP contribution in [0.1, 0.15) is 24.1 Å². The highest BCUT2D eigenvalue weighted by molar-refractivity contribution is 5.82. The van der Waals surface area contributed by atoms with Gasteiger partial charge in [0.25, 0.3) is 0 Å². The van der Waals surface area contributed by atoms with Crippen LogP contribution >= 0.6 is 0 Å². The Hall–Kier alpha value is -2.37. The van der Waals surface area contributed by atoms with Crippen molar-refractivity contribution in [3.8, 4) is 0 Å². The molecule has 142 valence electrons. The van der Waals surface area contributed by atoms with Gasteiger partial charge in [0, 0.05) is 61.6 Å². The smallest absolute Gasteiger partial charge is 0.123 e.